The first-order chi connectivity index (χ1) is 29.0. The lowest BCUT2D eigenvalue weighted by molar-refractivity contribution is -0.308. The van der Waals surface area contributed by atoms with E-state index in [1.165, 1.54) is 0 Å². The molecule has 5 heterocycles. The van der Waals surface area contributed by atoms with E-state index >= 15 is 0 Å². The van der Waals surface area contributed by atoms with Crippen molar-refractivity contribution in [2.75, 3.05) is 39.8 Å². The molecule has 0 aromatic rings. The second-order valence-electron chi connectivity index (χ2n) is 20.8. The molecule has 0 aromatic heterocycles. The molecule has 20 unspecified atom stereocenters. The number of allylic oxidation sites excluding steroid dienone is 1. The highest BCUT2D eigenvalue weighted by molar-refractivity contribution is 5.88. The molecule has 340 valence electrons. The van der Waals surface area contributed by atoms with Gasteiger partial charge in [0.05, 0.1) is 55.4 Å². The van der Waals surface area contributed by atoms with E-state index in [9.17, 15) is 24.9 Å². The maximum atomic E-state index is 14.3. The largest absolute Gasteiger partial charge is 0.456 e. The average molecular weight is 842 g/mol. The number of carbonyl (C=O) groups is 2. The van der Waals surface area contributed by atoms with Crippen LogP contribution < -0.4 is 27.0 Å². The summed E-state index contributed by atoms with van der Waals surface area (Å²) in [6, 6.07) is 0. The van der Waals surface area contributed by atoms with E-state index in [4.69, 9.17) is 19.9 Å². The minimum atomic E-state index is -1.05. The Morgan fingerprint density at radius 3 is 2.50 bits per heavy atom. The van der Waals surface area contributed by atoms with Crippen molar-refractivity contribution in [1.82, 2.24) is 21.3 Å². The fourth-order valence-electron chi connectivity index (χ4n) is 14.6. The third kappa shape index (κ3) is 8.81. The Kier molecular flexibility index (Phi) is 14.5. The second kappa shape index (κ2) is 19.3. The number of fused-ring (bicyclic) bond motifs is 5. The molecule has 0 radical (unpaired) electrons. The molecule has 13 nitrogen and oxygen atoms in total. The summed E-state index contributed by atoms with van der Waals surface area (Å²) in [6.45, 7) is 9.22. The molecule has 13 heteroatoms. The number of carbonyl (C=O) groups excluding carboxylic acids is 2. The predicted molar refractivity (Wildman–Crippen MR) is 228 cm³/mol. The van der Waals surface area contributed by atoms with Crippen LogP contribution in [0.5, 0.6) is 0 Å². The van der Waals surface area contributed by atoms with Crippen LogP contribution in [0.4, 0.5) is 0 Å². The van der Waals surface area contributed by atoms with Crippen molar-refractivity contribution >= 4 is 11.8 Å². The number of piperidine rings is 2. The number of esters is 1. The Balaban J connectivity index is 1.28. The standard InChI is InChI=1S/C47H79N5O8/c1-5-26(13-15-49-4)46(57)59-37-22-35-42(56)41-36(55)21-32(24-53)58-44(41)40-34-20-29-19-31(54)11-10-27(29)8-9-28(39-33(34)14-16-51-45(39)48)18-30(47(37,3)60-43(35)40)17-25-7-12-38(50-6-2)52-23-25/h5,25,27-35,37-45,49-54,56H,6-24,48H2,1-4H3. The summed E-state index contributed by atoms with van der Waals surface area (Å²) < 4.78 is 21.5. The van der Waals surface area contributed by atoms with E-state index in [-0.39, 0.29) is 72.6 Å². The van der Waals surface area contributed by atoms with E-state index in [0.717, 1.165) is 90.3 Å². The molecule has 0 amide bonds. The highest BCUT2D eigenvalue weighted by atomic mass is 16.6. The van der Waals surface area contributed by atoms with Crippen LogP contribution in [0.15, 0.2) is 11.6 Å². The molecule has 60 heavy (non-hydrogen) atoms. The van der Waals surface area contributed by atoms with Gasteiger partial charge in [-0.1, -0.05) is 13.0 Å². The van der Waals surface area contributed by atoms with Crippen LogP contribution in [0.2, 0.25) is 0 Å². The summed E-state index contributed by atoms with van der Waals surface area (Å²) in [7, 11) is 1.88. The van der Waals surface area contributed by atoms with Gasteiger partial charge in [0.15, 0.2) is 0 Å². The van der Waals surface area contributed by atoms with Crippen LogP contribution >= 0.6 is 0 Å². The number of rotatable bonds is 10. The molecule has 0 aromatic carbocycles. The van der Waals surface area contributed by atoms with Gasteiger partial charge in [0.1, 0.15) is 17.5 Å². The van der Waals surface area contributed by atoms with Gasteiger partial charge >= 0.3 is 5.97 Å². The second-order valence-corrected chi connectivity index (χ2v) is 20.8. The predicted octanol–water partition coefficient (Wildman–Crippen LogP) is 2.99. The Hall–Kier alpha value is -1.52. The first kappa shape index (κ1) is 45.1. The number of ketones is 1. The van der Waals surface area contributed by atoms with E-state index in [0.29, 0.717) is 48.9 Å². The lowest BCUT2D eigenvalue weighted by Crippen LogP contribution is -2.71. The van der Waals surface area contributed by atoms with Crippen molar-refractivity contribution in [1.29, 1.82) is 0 Å². The minimum absolute atomic E-state index is 0.0146. The molecule has 3 saturated carbocycles. The van der Waals surface area contributed by atoms with Gasteiger partial charge in [0, 0.05) is 23.8 Å². The lowest BCUT2D eigenvalue weighted by atomic mass is 9.52. The van der Waals surface area contributed by atoms with Gasteiger partial charge < -0.3 is 56.5 Å². The SMILES string of the molecule is CC=C(CCNC)C(=O)OC1CC2C(O)C3C(=O)CC(CO)OC3C3C4CC5CC(O)CCC5CCC(CC(CC5CCC(NCC)NC5)C1(C)OC23)C1C(N)NCCC41. The van der Waals surface area contributed by atoms with Crippen LogP contribution in [-0.4, -0.2) is 121 Å². The van der Waals surface area contributed by atoms with Gasteiger partial charge in [-0.2, -0.15) is 0 Å². The number of aliphatic hydroxyl groups excluding tert-OH is 3. The summed E-state index contributed by atoms with van der Waals surface area (Å²) >= 11 is 0. The molecule has 5 aliphatic heterocycles. The van der Waals surface area contributed by atoms with Crippen molar-refractivity contribution in [2.45, 2.75) is 165 Å². The fourth-order valence-corrected chi connectivity index (χ4v) is 14.6. The van der Waals surface area contributed by atoms with Crippen molar-refractivity contribution in [3.63, 3.8) is 0 Å². The maximum Gasteiger partial charge on any atom is 0.334 e. The molecule has 4 bridgehead atoms. The number of aliphatic hydroxyl groups is 3. The highest BCUT2D eigenvalue weighted by Gasteiger charge is 2.66. The zero-order chi connectivity index (χ0) is 42.3. The van der Waals surface area contributed by atoms with Crippen LogP contribution in [-0.2, 0) is 23.8 Å². The first-order valence-corrected chi connectivity index (χ1v) is 24.3. The zero-order valence-electron chi connectivity index (χ0n) is 36.9. The minimum Gasteiger partial charge on any atom is -0.456 e. The zero-order valence-corrected chi connectivity index (χ0v) is 36.9. The number of ether oxygens (including phenoxy) is 3. The van der Waals surface area contributed by atoms with Crippen molar-refractivity contribution in [3.05, 3.63) is 11.6 Å². The number of nitrogens with two attached hydrogens (primary N) is 1. The summed E-state index contributed by atoms with van der Waals surface area (Å²) in [5.41, 5.74) is 7.05. The molecular formula is C47H79N5O8. The molecule has 8 aliphatic rings. The van der Waals surface area contributed by atoms with Crippen LogP contribution in [0.3, 0.4) is 0 Å². The fraction of sp³-hybridized carbons (Fsp3) is 0.915. The summed E-state index contributed by atoms with van der Waals surface area (Å²) in [5.74, 6) is 0.0222. The van der Waals surface area contributed by atoms with Crippen molar-refractivity contribution in [2.24, 2.45) is 70.8 Å². The van der Waals surface area contributed by atoms with Crippen LogP contribution in [0, 0.1) is 65.1 Å². The van der Waals surface area contributed by atoms with Crippen molar-refractivity contribution in [3.8, 4) is 0 Å². The molecule has 3 aliphatic carbocycles. The topological polar surface area (TPSA) is 197 Å². The molecule has 8 rings (SSSR count). The highest BCUT2D eigenvalue weighted by Crippen LogP contribution is 2.60. The van der Waals surface area contributed by atoms with E-state index < -0.39 is 48.0 Å². The quantitative estimate of drug-likeness (QED) is 0.118. The number of hydrogen-bond acceptors (Lipinski definition) is 13. The van der Waals surface area contributed by atoms with Gasteiger partial charge in [-0.3, -0.25) is 4.79 Å². The summed E-state index contributed by atoms with van der Waals surface area (Å²) in [6.07, 6.45) is 9.63. The third-order valence-corrected chi connectivity index (χ3v) is 17.6. The van der Waals surface area contributed by atoms with E-state index in [1.807, 2.05) is 20.0 Å². The Labute approximate surface area is 358 Å². The molecule has 20 atom stereocenters. The van der Waals surface area contributed by atoms with Crippen LogP contribution in [0.25, 0.3) is 0 Å². The van der Waals surface area contributed by atoms with E-state index in [2.05, 4.69) is 35.1 Å². The van der Waals surface area contributed by atoms with Crippen molar-refractivity contribution < 1.29 is 39.1 Å². The van der Waals surface area contributed by atoms with Gasteiger partial charge in [0.25, 0.3) is 0 Å². The number of Topliss-reactive ketones (excluding diaryl/α,β-unsaturated/α-hetero) is 1. The maximum absolute atomic E-state index is 14.3. The third-order valence-electron chi connectivity index (χ3n) is 17.6. The number of nitrogens with one attached hydrogen (secondary N) is 4. The smallest absolute Gasteiger partial charge is 0.334 e. The monoisotopic (exact) mass is 842 g/mol. The van der Waals surface area contributed by atoms with Crippen LogP contribution in [0.1, 0.15) is 111 Å². The number of hydrogen-bond donors (Lipinski definition) is 8. The molecular weight excluding hydrogens is 763 g/mol. The molecule has 0 spiro atoms. The summed E-state index contributed by atoms with van der Waals surface area (Å²) in [5, 5.41) is 48.6. The van der Waals surface area contributed by atoms with Gasteiger partial charge in [-0.15, -0.1) is 0 Å². The van der Waals surface area contributed by atoms with E-state index in [1.54, 1.807) is 0 Å². The van der Waals surface area contributed by atoms with Gasteiger partial charge in [-0.05, 0) is 178 Å². The van der Waals surface area contributed by atoms with Gasteiger partial charge in [-0.25, -0.2) is 4.79 Å². The first-order valence-electron chi connectivity index (χ1n) is 24.3. The average Bonchev–Trinajstić information content (AvgIpc) is 3.29. The normalized spacial score (nSPS) is 48.4. The Bertz CT molecular complexity index is 1510. The molecule has 9 N–H and O–H groups in total. The Morgan fingerprint density at radius 2 is 1.77 bits per heavy atom. The molecule has 8 fully saturated rings. The lowest BCUT2D eigenvalue weighted by Gasteiger charge is -2.63. The van der Waals surface area contributed by atoms with Gasteiger partial charge in [0.2, 0.25) is 0 Å². The Morgan fingerprint density at radius 1 is 0.967 bits per heavy atom. The summed E-state index contributed by atoms with van der Waals surface area (Å²) in [4.78, 5) is 28.7. The molecule has 5 saturated heterocycles.